The van der Waals surface area contributed by atoms with E-state index in [1.165, 1.54) is 0 Å². The summed E-state index contributed by atoms with van der Waals surface area (Å²) in [6.07, 6.45) is 0. The molecule has 0 bridgehead atoms. The predicted octanol–water partition coefficient (Wildman–Crippen LogP) is 3.01. The molecule has 0 spiro atoms. The summed E-state index contributed by atoms with van der Waals surface area (Å²) >= 11 is 0. The molecule has 24 heavy (non-hydrogen) atoms. The maximum absolute atomic E-state index is 12.2. The van der Waals surface area contributed by atoms with Gasteiger partial charge in [0.2, 0.25) is 0 Å². The fourth-order valence-corrected chi connectivity index (χ4v) is 2.04. The Morgan fingerprint density at radius 1 is 0.958 bits per heavy atom. The molecular weight excluding hydrogens is 310 g/mol. The topological polar surface area (TPSA) is 86.5 Å². The Bertz CT molecular complexity index is 826. The summed E-state index contributed by atoms with van der Waals surface area (Å²) in [7, 11) is 3.16. The van der Waals surface area contributed by atoms with Crippen LogP contribution >= 0.6 is 0 Å². The number of nitrogens with zero attached hydrogens (tertiary/aromatic N) is 2. The average Bonchev–Trinajstić information content (AvgIpc) is 3.10. The number of ether oxygens (including phenoxy) is 2. The summed E-state index contributed by atoms with van der Waals surface area (Å²) in [6, 6.07) is 13.9. The highest BCUT2D eigenvalue weighted by Gasteiger charge is 2.13. The lowest BCUT2D eigenvalue weighted by Crippen LogP contribution is -2.12. The predicted molar refractivity (Wildman–Crippen MR) is 87.2 cm³/mol. The molecule has 0 radical (unpaired) electrons. The van der Waals surface area contributed by atoms with Crippen LogP contribution in [-0.2, 0) is 0 Å². The van der Waals surface area contributed by atoms with Crippen LogP contribution in [0.2, 0.25) is 0 Å². The van der Waals surface area contributed by atoms with Crippen LogP contribution < -0.4 is 14.8 Å². The fraction of sp³-hybridized carbons (Fsp3) is 0.118. The molecular formula is C17H15N3O4. The van der Waals surface area contributed by atoms with Crippen LogP contribution in [0.25, 0.3) is 11.5 Å². The van der Waals surface area contributed by atoms with Crippen molar-refractivity contribution in [1.82, 2.24) is 10.1 Å². The molecule has 7 nitrogen and oxygen atoms in total. The van der Waals surface area contributed by atoms with E-state index in [0.717, 1.165) is 11.3 Å². The van der Waals surface area contributed by atoms with E-state index in [4.69, 9.17) is 14.0 Å². The van der Waals surface area contributed by atoms with Crippen LogP contribution in [0, 0.1) is 0 Å². The van der Waals surface area contributed by atoms with Crippen molar-refractivity contribution in [3.63, 3.8) is 0 Å². The molecule has 0 saturated carbocycles. The van der Waals surface area contributed by atoms with Gasteiger partial charge in [-0.15, -0.1) is 0 Å². The standard InChI is InChI=1S/C17H15N3O4/c1-22-13-7-3-11(4-8-13)15(21)18-17-19-16(24-20-17)12-5-9-14(23-2)10-6-12/h3-10H,1-2H3,(H,18,20,21). The number of carbonyl (C=O) groups is 1. The number of nitrogens with one attached hydrogen (secondary N) is 1. The van der Waals surface area contributed by atoms with Crippen LogP contribution in [0.15, 0.2) is 53.1 Å². The SMILES string of the molecule is COc1ccc(C(=O)Nc2noc(-c3ccc(OC)cc3)n2)cc1. The zero-order chi connectivity index (χ0) is 16.9. The maximum atomic E-state index is 12.2. The second-order valence-corrected chi connectivity index (χ2v) is 4.83. The van der Waals surface area contributed by atoms with E-state index < -0.39 is 0 Å². The van der Waals surface area contributed by atoms with E-state index >= 15 is 0 Å². The van der Waals surface area contributed by atoms with Crippen molar-refractivity contribution >= 4 is 11.9 Å². The van der Waals surface area contributed by atoms with Crippen molar-refractivity contribution in [2.45, 2.75) is 0 Å². The van der Waals surface area contributed by atoms with Crippen LogP contribution in [-0.4, -0.2) is 30.3 Å². The molecule has 2 aromatic carbocycles. The van der Waals surface area contributed by atoms with Gasteiger partial charge in [-0.05, 0) is 53.7 Å². The minimum Gasteiger partial charge on any atom is -0.497 e. The van der Waals surface area contributed by atoms with Crippen LogP contribution in [0.1, 0.15) is 10.4 Å². The Kier molecular flexibility index (Phi) is 4.42. The van der Waals surface area contributed by atoms with Crippen LogP contribution in [0.3, 0.4) is 0 Å². The fourth-order valence-electron chi connectivity index (χ4n) is 2.04. The molecule has 0 fully saturated rings. The molecule has 0 atom stereocenters. The Balaban J connectivity index is 1.71. The molecule has 0 saturated heterocycles. The number of hydrogen-bond acceptors (Lipinski definition) is 6. The Labute approximate surface area is 138 Å². The molecule has 3 rings (SSSR count). The first-order chi connectivity index (χ1) is 11.7. The molecule has 0 aliphatic carbocycles. The molecule has 1 heterocycles. The van der Waals surface area contributed by atoms with Crippen molar-refractivity contribution < 1.29 is 18.8 Å². The number of benzene rings is 2. The van der Waals surface area contributed by atoms with Crippen molar-refractivity contribution in [3.05, 3.63) is 54.1 Å². The van der Waals surface area contributed by atoms with Gasteiger partial charge in [0.15, 0.2) is 0 Å². The quantitative estimate of drug-likeness (QED) is 0.776. The zero-order valence-corrected chi connectivity index (χ0v) is 13.1. The first-order valence-corrected chi connectivity index (χ1v) is 7.13. The van der Waals surface area contributed by atoms with E-state index in [0.29, 0.717) is 17.2 Å². The van der Waals surface area contributed by atoms with Gasteiger partial charge in [-0.3, -0.25) is 10.1 Å². The summed E-state index contributed by atoms with van der Waals surface area (Å²) in [4.78, 5) is 16.3. The summed E-state index contributed by atoms with van der Waals surface area (Å²) in [5.74, 6) is 1.48. The van der Waals surface area contributed by atoms with Gasteiger partial charge in [0, 0.05) is 11.1 Å². The third-order valence-electron chi connectivity index (χ3n) is 3.34. The first kappa shape index (κ1) is 15.5. The zero-order valence-electron chi connectivity index (χ0n) is 13.1. The van der Waals surface area contributed by atoms with Gasteiger partial charge >= 0.3 is 0 Å². The van der Waals surface area contributed by atoms with Crippen molar-refractivity contribution in [2.24, 2.45) is 0 Å². The van der Waals surface area contributed by atoms with Gasteiger partial charge < -0.3 is 14.0 Å². The molecule has 1 N–H and O–H groups in total. The van der Waals surface area contributed by atoms with E-state index in [-0.39, 0.29) is 11.9 Å². The second kappa shape index (κ2) is 6.82. The van der Waals surface area contributed by atoms with Crippen molar-refractivity contribution in [1.29, 1.82) is 0 Å². The lowest BCUT2D eigenvalue weighted by Gasteiger charge is -2.02. The minimum absolute atomic E-state index is 0.0987. The third kappa shape index (κ3) is 3.35. The molecule has 3 aromatic rings. The molecule has 7 heteroatoms. The number of rotatable bonds is 5. The number of hydrogen-bond donors (Lipinski definition) is 1. The number of carbonyl (C=O) groups excluding carboxylic acids is 1. The second-order valence-electron chi connectivity index (χ2n) is 4.83. The lowest BCUT2D eigenvalue weighted by molar-refractivity contribution is 0.102. The summed E-state index contributed by atoms with van der Waals surface area (Å²) in [5.41, 5.74) is 1.19. The van der Waals surface area contributed by atoms with Gasteiger partial charge in [0.1, 0.15) is 11.5 Å². The van der Waals surface area contributed by atoms with E-state index in [9.17, 15) is 4.79 Å². The average molecular weight is 325 g/mol. The lowest BCUT2D eigenvalue weighted by atomic mass is 10.2. The van der Waals surface area contributed by atoms with Crippen molar-refractivity contribution in [2.75, 3.05) is 19.5 Å². The number of amides is 1. The number of anilines is 1. The van der Waals surface area contributed by atoms with Crippen molar-refractivity contribution in [3.8, 4) is 23.0 Å². The smallest absolute Gasteiger partial charge is 0.270 e. The molecule has 1 aromatic heterocycles. The highest BCUT2D eigenvalue weighted by Crippen LogP contribution is 2.22. The molecule has 122 valence electrons. The van der Waals surface area contributed by atoms with Gasteiger partial charge in [-0.1, -0.05) is 0 Å². The monoisotopic (exact) mass is 325 g/mol. The van der Waals surface area contributed by atoms with Gasteiger partial charge in [-0.2, -0.15) is 4.98 Å². The Morgan fingerprint density at radius 2 is 1.54 bits per heavy atom. The maximum Gasteiger partial charge on any atom is 0.270 e. The van der Waals surface area contributed by atoms with E-state index in [2.05, 4.69) is 15.5 Å². The number of aromatic nitrogens is 2. The van der Waals surface area contributed by atoms with Crippen LogP contribution in [0.5, 0.6) is 11.5 Å². The highest BCUT2D eigenvalue weighted by atomic mass is 16.5. The van der Waals surface area contributed by atoms with Gasteiger partial charge in [-0.25, -0.2) is 0 Å². The largest absolute Gasteiger partial charge is 0.497 e. The summed E-state index contributed by atoms with van der Waals surface area (Å²) < 4.78 is 15.3. The minimum atomic E-state index is -0.334. The summed E-state index contributed by atoms with van der Waals surface area (Å²) in [5, 5.41) is 6.35. The van der Waals surface area contributed by atoms with Gasteiger partial charge in [0.05, 0.1) is 14.2 Å². The number of methoxy groups -OCH3 is 2. The van der Waals surface area contributed by atoms with E-state index in [1.54, 1.807) is 62.8 Å². The first-order valence-electron chi connectivity index (χ1n) is 7.13. The van der Waals surface area contributed by atoms with Crippen LogP contribution in [0.4, 0.5) is 5.95 Å². The van der Waals surface area contributed by atoms with E-state index in [1.807, 2.05) is 0 Å². The highest BCUT2D eigenvalue weighted by molar-refractivity contribution is 6.03. The summed E-state index contributed by atoms with van der Waals surface area (Å²) in [6.45, 7) is 0. The normalized spacial score (nSPS) is 10.2. The molecule has 0 unspecified atom stereocenters. The molecule has 0 aliphatic rings. The Hall–Kier alpha value is -3.35. The third-order valence-corrected chi connectivity index (χ3v) is 3.34. The Morgan fingerprint density at radius 3 is 2.12 bits per heavy atom. The van der Waals surface area contributed by atoms with Gasteiger partial charge in [0.25, 0.3) is 17.7 Å². The molecule has 0 aliphatic heterocycles. The molecule has 1 amide bonds.